The molecule has 43 valence electrons. The molecule has 2 unspecified atom stereocenters. The predicted molar refractivity (Wildman–Crippen MR) is 34.4 cm³/mol. The number of aliphatic hydroxyl groups is 1. The average Bonchev–Trinajstić information content (AvgIpc) is 1.27. The molecule has 0 saturated carbocycles. The summed E-state index contributed by atoms with van der Waals surface area (Å²) in [6.07, 6.45) is 0.300. The number of hydrogen-bond acceptors (Lipinski definition) is 1. The molecule has 0 heterocycles. The van der Waals surface area contributed by atoms with Gasteiger partial charge in [-0.2, -0.15) is 0 Å². The molecule has 0 spiro atoms. The SMILES string of the molecule is [CH2]C(O)CC(C)Br. The summed E-state index contributed by atoms with van der Waals surface area (Å²) in [6.45, 7) is 5.38. The molecule has 0 aliphatic carbocycles. The van der Waals surface area contributed by atoms with Gasteiger partial charge in [0.2, 0.25) is 0 Å². The van der Waals surface area contributed by atoms with E-state index in [4.69, 9.17) is 5.11 Å². The summed E-state index contributed by atoms with van der Waals surface area (Å²) in [5.74, 6) is 0. The zero-order chi connectivity index (χ0) is 5.86. The molecule has 0 bridgehead atoms. The van der Waals surface area contributed by atoms with E-state index in [9.17, 15) is 0 Å². The van der Waals surface area contributed by atoms with Gasteiger partial charge < -0.3 is 5.11 Å². The second-order valence-corrected chi connectivity index (χ2v) is 3.23. The number of hydrogen-bond donors (Lipinski definition) is 1. The topological polar surface area (TPSA) is 20.2 Å². The second-order valence-electron chi connectivity index (χ2n) is 1.67. The van der Waals surface area contributed by atoms with E-state index in [1.807, 2.05) is 6.92 Å². The van der Waals surface area contributed by atoms with Crippen LogP contribution in [0.4, 0.5) is 0 Å². The highest BCUT2D eigenvalue weighted by molar-refractivity contribution is 9.09. The molecule has 2 heteroatoms. The van der Waals surface area contributed by atoms with Gasteiger partial charge in [-0.25, -0.2) is 0 Å². The van der Waals surface area contributed by atoms with Crippen LogP contribution < -0.4 is 0 Å². The molecular formula is C5H10BrO. The lowest BCUT2D eigenvalue weighted by atomic mass is 10.2. The molecule has 2 atom stereocenters. The third-order valence-electron chi connectivity index (χ3n) is 0.597. The highest BCUT2D eigenvalue weighted by Gasteiger charge is 1.99. The lowest BCUT2D eigenvalue weighted by Gasteiger charge is -2.03. The standard InChI is InChI=1S/C5H10BrO/c1-4(6)3-5(2)7/h4-5,7H,2-3H2,1H3. The Kier molecular flexibility index (Phi) is 3.66. The smallest absolute Gasteiger partial charge is 0.0551 e. The Morgan fingerprint density at radius 1 is 1.86 bits per heavy atom. The molecular weight excluding hydrogens is 156 g/mol. The van der Waals surface area contributed by atoms with E-state index >= 15 is 0 Å². The van der Waals surface area contributed by atoms with Gasteiger partial charge >= 0.3 is 0 Å². The number of aliphatic hydroxyl groups excluding tert-OH is 1. The molecule has 1 radical (unpaired) electrons. The monoisotopic (exact) mass is 165 g/mol. The first-order valence-corrected chi connectivity index (χ1v) is 3.19. The largest absolute Gasteiger partial charge is 0.393 e. The summed E-state index contributed by atoms with van der Waals surface area (Å²) in [7, 11) is 0. The lowest BCUT2D eigenvalue weighted by molar-refractivity contribution is 0.211. The maximum Gasteiger partial charge on any atom is 0.0551 e. The van der Waals surface area contributed by atoms with E-state index in [1.165, 1.54) is 0 Å². The van der Waals surface area contributed by atoms with E-state index in [1.54, 1.807) is 0 Å². The quantitative estimate of drug-likeness (QED) is 0.614. The molecule has 1 nitrogen and oxygen atoms in total. The van der Waals surface area contributed by atoms with E-state index in [-0.39, 0.29) is 0 Å². The van der Waals surface area contributed by atoms with Crippen LogP contribution in [0, 0.1) is 6.92 Å². The predicted octanol–water partition coefficient (Wildman–Crippen LogP) is 1.35. The van der Waals surface area contributed by atoms with Crippen molar-refractivity contribution in [3.05, 3.63) is 6.92 Å². The van der Waals surface area contributed by atoms with Crippen LogP contribution in [-0.4, -0.2) is 16.0 Å². The molecule has 0 fully saturated rings. The van der Waals surface area contributed by atoms with Crippen molar-refractivity contribution < 1.29 is 5.11 Å². The summed E-state index contributed by atoms with van der Waals surface area (Å²) in [5.41, 5.74) is 0. The van der Waals surface area contributed by atoms with Crippen LogP contribution in [0.3, 0.4) is 0 Å². The van der Waals surface area contributed by atoms with Gasteiger partial charge in [-0.3, -0.25) is 0 Å². The summed E-state index contributed by atoms with van der Waals surface area (Å²) in [6, 6.07) is 0. The van der Waals surface area contributed by atoms with Crippen molar-refractivity contribution in [2.75, 3.05) is 0 Å². The fourth-order valence-electron chi connectivity index (χ4n) is 0.375. The zero-order valence-corrected chi connectivity index (χ0v) is 5.98. The number of rotatable bonds is 2. The zero-order valence-electron chi connectivity index (χ0n) is 4.39. The molecule has 0 saturated heterocycles. The Labute approximate surface area is 52.9 Å². The van der Waals surface area contributed by atoms with Crippen molar-refractivity contribution in [1.82, 2.24) is 0 Å². The van der Waals surface area contributed by atoms with Crippen LogP contribution in [-0.2, 0) is 0 Å². The van der Waals surface area contributed by atoms with Gasteiger partial charge in [0.25, 0.3) is 0 Å². The third-order valence-corrected chi connectivity index (χ3v) is 0.971. The van der Waals surface area contributed by atoms with Crippen LogP contribution in [0.2, 0.25) is 0 Å². The molecule has 1 N–H and O–H groups in total. The van der Waals surface area contributed by atoms with E-state index in [2.05, 4.69) is 22.9 Å². The van der Waals surface area contributed by atoms with Crippen molar-refractivity contribution in [3.8, 4) is 0 Å². The Morgan fingerprint density at radius 2 is 2.29 bits per heavy atom. The van der Waals surface area contributed by atoms with Gasteiger partial charge in [-0.1, -0.05) is 22.9 Å². The number of alkyl halides is 1. The van der Waals surface area contributed by atoms with E-state index < -0.39 is 6.10 Å². The van der Waals surface area contributed by atoms with Crippen molar-refractivity contribution in [2.45, 2.75) is 24.3 Å². The molecule has 0 aromatic rings. The maximum absolute atomic E-state index is 8.58. The minimum atomic E-state index is -0.422. The fourth-order valence-corrected chi connectivity index (χ4v) is 0.806. The van der Waals surface area contributed by atoms with Crippen LogP contribution in [0.15, 0.2) is 0 Å². The van der Waals surface area contributed by atoms with Crippen LogP contribution in [0.5, 0.6) is 0 Å². The lowest BCUT2D eigenvalue weighted by Crippen LogP contribution is -2.05. The molecule has 0 aliphatic rings. The van der Waals surface area contributed by atoms with Crippen molar-refractivity contribution in [1.29, 1.82) is 0 Å². The Bertz CT molecular complexity index is 37.3. The first-order chi connectivity index (χ1) is 3.13. The van der Waals surface area contributed by atoms with Crippen LogP contribution in [0.1, 0.15) is 13.3 Å². The first-order valence-electron chi connectivity index (χ1n) is 2.28. The molecule has 0 rings (SSSR count). The molecule has 7 heavy (non-hydrogen) atoms. The minimum Gasteiger partial charge on any atom is -0.393 e. The second kappa shape index (κ2) is 3.44. The van der Waals surface area contributed by atoms with Crippen LogP contribution in [0.25, 0.3) is 0 Å². The summed E-state index contributed by atoms with van der Waals surface area (Å²) < 4.78 is 0. The van der Waals surface area contributed by atoms with Crippen molar-refractivity contribution >= 4 is 15.9 Å². The highest BCUT2D eigenvalue weighted by Crippen LogP contribution is 2.04. The first kappa shape index (κ1) is 7.44. The Morgan fingerprint density at radius 3 is 2.29 bits per heavy atom. The van der Waals surface area contributed by atoms with E-state index in [0.717, 1.165) is 6.42 Å². The summed E-state index contributed by atoms with van der Waals surface area (Å²) in [4.78, 5) is 0.375. The third kappa shape index (κ3) is 6.44. The molecule has 0 aromatic heterocycles. The Balaban J connectivity index is 2.95. The fraction of sp³-hybridized carbons (Fsp3) is 0.800. The Hall–Kier alpha value is 0.440. The molecule has 0 aliphatic heterocycles. The highest BCUT2D eigenvalue weighted by atomic mass is 79.9. The minimum absolute atomic E-state index is 0.375. The van der Waals surface area contributed by atoms with Gasteiger partial charge in [0.05, 0.1) is 6.10 Å². The normalized spacial score (nSPS) is 18.9. The van der Waals surface area contributed by atoms with Gasteiger partial charge in [0.15, 0.2) is 0 Å². The summed E-state index contributed by atoms with van der Waals surface area (Å²) >= 11 is 3.27. The van der Waals surface area contributed by atoms with E-state index in [0.29, 0.717) is 4.83 Å². The van der Waals surface area contributed by atoms with Gasteiger partial charge in [0, 0.05) is 4.83 Å². The van der Waals surface area contributed by atoms with Crippen LogP contribution >= 0.6 is 15.9 Å². The van der Waals surface area contributed by atoms with Gasteiger partial charge in [-0.15, -0.1) is 0 Å². The van der Waals surface area contributed by atoms with Crippen molar-refractivity contribution in [2.24, 2.45) is 0 Å². The molecule has 0 aromatic carbocycles. The average molecular weight is 166 g/mol. The molecule has 0 amide bonds. The maximum atomic E-state index is 8.58. The number of halogens is 1. The summed E-state index contributed by atoms with van der Waals surface area (Å²) in [5, 5.41) is 8.58. The van der Waals surface area contributed by atoms with Gasteiger partial charge in [-0.05, 0) is 13.3 Å². The van der Waals surface area contributed by atoms with Crippen molar-refractivity contribution in [3.63, 3.8) is 0 Å². The van der Waals surface area contributed by atoms with Gasteiger partial charge in [0.1, 0.15) is 0 Å².